The van der Waals surface area contributed by atoms with E-state index in [1.807, 2.05) is 24.2 Å². The van der Waals surface area contributed by atoms with Crippen LogP contribution in [0.2, 0.25) is 0 Å². The Morgan fingerprint density at radius 2 is 2.09 bits per heavy atom. The Kier molecular flexibility index (Phi) is 4.00. The normalized spacial score (nSPS) is 16.2. The van der Waals surface area contributed by atoms with Crippen molar-refractivity contribution in [3.8, 4) is 0 Å². The standard InChI is InChI=1S/C16H22N4O2/c1-4-19-10-7-17-15(19)13-5-8-20(9-6-13)16(21)14-11(2)18-22-12(14)3/h7,10,13H,4-6,8-9H2,1-3H3. The number of imidazole rings is 1. The summed E-state index contributed by atoms with van der Waals surface area (Å²) in [4.78, 5) is 19.0. The van der Waals surface area contributed by atoms with Crippen molar-refractivity contribution in [2.45, 2.75) is 46.1 Å². The molecule has 6 heteroatoms. The molecule has 0 unspecified atom stereocenters. The van der Waals surface area contributed by atoms with Gasteiger partial charge in [-0.25, -0.2) is 4.98 Å². The monoisotopic (exact) mass is 302 g/mol. The van der Waals surface area contributed by atoms with E-state index < -0.39 is 0 Å². The first kappa shape index (κ1) is 14.8. The lowest BCUT2D eigenvalue weighted by atomic mass is 9.95. The van der Waals surface area contributed by atoms with Crippen LogP contribution in [-0.4, -0.2) is 38.6 Å². The first-order valence-electron chi connectivity index (χ1n) is 7.85. The molecule has 1 saturated heterocycles. The second-order valence-corrected chi connectivity index (χ2v) is 5.84. The minimum atomic E-state index is 0.0357. The SMILES string of the molecule is CCn1ccnc1C1CCN(C(=O)c2c(C)noc2C)CC1. The van der Waals surface area contributed by atoms with Crippen LogP contribution >= 0.6 is 0 Å². The van der Waals surface area contributed by atoms with Crippen LogP contribution in [0.25, 0.3) is 0 Å². The lowest BCUT2D eigenvalue weighted by molar-refractivity contribution is 0.0708. The predicted molar refractivity (Wildman–Crippen MR) is 81.8 cm³/mol. The number of hydrogen-bond acceptors (Lipinski definition) is 4. The summed E-state index contributed by atoms with van der Waals surface area (Å²) < 4.78 is 7.30. The zero-order valence-corrected chi connectivity index (χ0v) is 13.4. The molecule has 6 nitrogen and oxygen atoms in total. The maximum absolute atomic E-state index is 12.6. The third kappa shape index (κ3) is 2.53. The van der Waals surface area contributed by atoms with Gasteiger partial charge in [0.2, 0.25) is 0 Å². The Balaban J connectivity index is 1.68. The summed E-state index contributed by atoms with van der Waals surface area (Å²) in [5.74, 6) is 2.22. The summed E-state index contributed by atoms with van der Waals surface area (Å²) in [6.07, 6.45) is 5.79. The Hall–Kier alpha value is -2.11. The molecule has 0 bridgehead atoms. The highest BCUT2D eigenvalue weighted by Crippen LogP contribution is 2.28. The third-order valence-corrected chi connectivity index (χ3v) is 4.48. The second-order valence-electron chi connectivity index (χ2n) is 5.84. The van der Waals surface area contributed by atoms with Gasteiger partial charge < -0.3 is 14.0 Å². The van der Waals surface area contributed by atoms with Gasteiger partial charge in [0.25, 0.3) is 5.91 Å². The van der Waals surface area contributed by atoms with Crippen LogP contribution in [0.5, 0.6) is 0 Å². The smallest absolute Gasteiger partial charge is 0.259 e. The van der Waals surface area contributed by atoms with E-state index in [0.29, 0.717) is 22.9 Å². The van der Waals surface area contributed by atoms with Gasteiger partial charge in [0.1, 0.15) is 17.1 Å². The van der Waals surface area contributed by atoms with E-state index in [9.17, 15) is 4.79 Å². The van der Waals surface area contributed by atoms with Crippen LogP contribution in [-0.2, 0) is 6.54 Å². The molecule has 0 aliphatic carbocycles. The molecule has 0 aromatic carbocycles. The van der Waals surface area contributed by atoms with Gasteiger partial charge in [0, 0.05) is 37.9 Å². The lowest BCUT2D eigenvalue weighted by Crippen LogP contribution is -2.38. The van der Waals surface area contributed by atoms with Gasteiger partial charge in [-0.1, -0.05) is 5.16 Å². The van der Waals surface area contributed by atoms with Crippen LogP contribution in [0, 0.1) is 13.8 Å². The molecule has 1 fully saturated rings. The number of piperidine rings is 1. The van der Waals surface area contributed by atoms with Crippen molar-refractivity contribution in [1.29, 1.82) is 0 Å². The molecule has 0 atom stereocenters. The summed E-state index contributed by atoms with van der Waals surface area (Å²) in [7, 11) is 0. The van der Waals surface area contributed by atoms with E-state index in [4.69, 9.17) is 4.52 Å². The van der Waals surface area contributed by atoms with Gasteiger partial charge in [0.05, 0.1) is 5.69 Å². The van der Waals surface area contributed by atoms with E-state index >= 15 is 0 Å². The number of nitrogens with zero attached hydrogens (tertiary/aromatic N) is 4. The van der Waals surface area contributed by atoms with Gasteiger partial charge >= 0.3 is 0 Å². The van der Waals surface area contributed by atoms with Crippen LogP contribution in [0.15, 0.2) is 16.9 Å². The van der Waals surface area contributed by atoms with Crippen LogP contribution in [0.4, 0.5) is 0 Å². The van der Waals surface area contributed by atoms with Crippen molar-refractivity contribution in [3.63, 3.8) is 0 Å². The Morgan fingerprint density at radius 1 is 1.36 bits per heavy atom. The molecular formula is C16H22N4O2. The quantitative estimate of drug-likeness (QED) is 0.874. The molecule has 3 heterocycles. The van der Waals surface area contributed by atoms with E-state index in [0.717, 1.165) is 38.3 Å². The fourth-order valence-corrected chi connectivity index (χ4v) is 3.24. The molecule has 0 spiro atoms. The summed E-state index contributed by atoms with van der Waals surface area (Å²) in [5, 5.41) is 3.87. The van der Waals surface area contributed by atoms with Gasteiger partial charge in [-0.3, -0.25) is 4.79 Å². The summed E-state index contributed by atoms with van der Waals surface area (Å²) >= 11 is 0. The summed E-state index contributed by atoms with van der Waals surface area (Å²) in [6, 6.07) is 0. The van der Waals surface area contributed by atoms with Crippen molar-refractivity contribution < 1.29 is 9.32 Å². The highest BCUT2D eigenvalue weighted by atomic mass is 16.5. The summed E-state index contributed by atoms with van der Waals surface area (Å²) in [5.41, 5.74) is 1.29. The maximum atomic E-state index is 12.6. The predicted octanol–water partition coefficient (Wildman–Crippen LogP) is 2.53. The van der Waals surface area contributed by atoms with Gasteiger partial charge in [-0.2, -0.15) is 0 Å². The first-order valence-corrected chi connectivity index (χ1v) is 7.85. The van der Waals surface area contributed by atoms with Crippen molar-refractivity contribution in [2.24, 2.45) is 0 Å². The van der Waals surface area contributed by atoms with E-state index in [2.05, 4.69) is 21.6 Å². The second kappa shape index (κ2) is 5.94. The first-order chi connectivity index (χ1) is 10.6. The number of carbonyl (C=O) groups is 1. The third-order valence-electron chi connectivity index (χ3n) is 4.48. The van der Waals surface area contributed by atoms with E-state index in [-0.39, 0.29) is 5.91 Å². The molecule has 2 aromatic rings. The maximum Gasteiger partial charge on any atom is 0.259 e. The summed E-state index contributed by atoms with van der Waals surface area (Å²) in [6.45, 7) is 8.18. The van der Waals surface area contributed by atoms with Gasteiger partial charge in [0.15, 0.2) is 0 Å². The Labute approximate surface area is 130 Å². The molecule has 1 aliphatic rings. The molecule has 118 valence electrons. The van der Waals surface area contributed by atoms with Gasteiger partial charge in [-0.15, -0.1) is 0 Å². The fraction of sp³-hybridized carbons (Fsp3) is 0.562. The van der Waals surface area contributed by atoms with Crippen LogP contribution < -0.4 is 0 Å². The number of carbonyl (C=O) groups excluding carboxylic acids is 1. The fourth-order valence-electron chi connectivity index (χ4n) is 3.24. The number of aryl methyl sites for hydroxylation is 3. The Bertz CT molecular complexity index is 646. The molecule has 3 rings (SSSR count). The minimum Gasteiger partial charge on any atom is -0.361 e. The largest absolute Gasteiger partial charge is 0.361 e. The van der Waals surface area contributed by atoms with Crippen LogP contribution in [0.1, 0.15) is 53.3 Å². The number of aromatic nitrogens is 3. The van der Waals surface area contributed by atoms with Crippen molar-refractivity contribution in [3.05, 3.63) is 35.2 Å². The molecule has 0 radical (unpaired) electrons. The number of amides is 1. The molecule has 0 saturated carbocycles. The Morgan fingerprint density at radius 3 is 2.68 bits per heavy atom. The zero-order chi connectivity index (χ0) is 15.7. The molecule has 22 heavy (non-hydrogen) atoms. The average Bonchev–Trinajstić information content (AvgIpc) is 3.13. The molecule has 1 aliphatic heterocycles. The molecule has 0 N–H and O–H groups in total. The highest BCUT2D eigenvalue weighted by molar-refractivity contribution is 5.96. The van der Waals surface area contributed by atoms with Crippen molar-refractivity contribution in [1.82, 2.24) is 19.6 Å². The highest BCUT2D eigenvalue weighted by Gasteiger charge is 2.29. The van der Waals surface area contributed by atoms with Crippen molar-refractivity contribution in [2.75, 3.05) is 13.1 Å². The van der Waals surface area contributed by atoms with Crippen LogP contribution in [0.3, 0.4) is 0 Å². The average molecular weight is 302 g/mol. The molecule has 2 aromatic heterocycles. The van der Waals surface area contributed by atoms with Gasteiger partial charge in [-0.05, 0) is 33.6 Å². The lowest BCUT2D eigenvalue weighted by Gasteiger charge is -2.31. The number of rotatable bonds is 3. The topological polar surface area (TPSA) is 64.2 Å². The zero-order valence-electron chi connectivity index (χ0n) is 13.4. The minimum absolute atomic E-state index is 0.0357. The molecule has 1 amide bonds. The van der Waals surface area contributed by atoms with E-state index in [1.54, 1.807) is 6.92 Å². The number of hydrogen-bond donors (Lipinski definition) is 0. The van der Waals surface area contributed by atoms with Crippen molar-refractivity contribution >= 4 is 5.91 Å². The number of likely N-dealkylation sites (tertiary alicyclic amines) is 1. The molecular weight excluding hydrogens is 280 g/mol. The van der Waals surface area contributed by atoms with E-state index in [1.165, 1.54) is 0 Å².